The number of carbonyl (C=O) groups excluding carboxylic acids is 2. The summed E-state index contributed by atoms with van der Waals surface area (Å²) in [4.78, 5) is 25.0. The van der Waals surface area contributed by atoms with Gasteiger partial charge in [-0.3, -0.25) is 9.59 Å². The monoisotopic (exact) mass is 356 g/mol. The molecule has 5 heteroatoms. The van der Waals surface area contributed by atoms with Crippen molar-refractivity contribution in [2.24, 2.45) is 0 Å². The lowest BCUT2D eigenvalue weighted by Crippen LogP contribution is -2.30. The molecular weight excluding hydrogens is 336 g/mol. The van der Waals surface area contributed by atoms with Gasteiger partial charge in [-0.05, 0) is 50.5 Å². The Balaban J connectivity index is 1.81. The molecule has 1 aliphatic rings. The van der Waals surface area contributed by atoms with E-state index in [0.29, 0.717) is 16.3 Å². The number of amides is 2. The molecule has 2 aromatic carbocycles. The highest BCUT2D eigenvalue weighted by atomic mass is 35.5. The van der Waals surface area contributed by atoms with Crippen molar-refractivity contribution in [3.63, 3.8) is 0 Å². The molecule has 4 nitrogen and oxygen atoms in total. The summed E-state index contributed by atoms with van der Waals surface area (Å²) >= 11 is 6.22. The largest absolute Gasteiger partial charge is 0.350 e. The van der Waals surface area contributed by atoms with Crippen molar-refractivity contribution in [2.45, 2.75) is 38.1 Å². The van der Waals surface area contributed by atoms with Crippen molar-refractivity contribution < 1.29 is 9.59 Å². The lowest BCUT2D eigenvalue weighted by Gasteiger charge is -2.17. The smallest absolute Gasteiger partial charge is 0.251 e. The number of halogens is 1. The minimum absolute atomic E-state index is 0.0361. The summed E-state index contributed by atoms with van der Waals surface area (Å²) in [6.07, 6.45) is 1.63. The van der Waals surface area contributed by atoms with Crippen LogP contribution in [-0.2, 0) is 10.2 Å². The van der Waals surface area contributed by atoms with E-state index in [1.165, 1.54) is 0 Å². The number of anilines is 1. The fourth-order valence-corrected chi connectivity index (χ4v) is 3.04. The van der Waals surface area contributed by atoms with Crippen molar-refractivity contribution in [3.8, 4) is 0 Å². The van der Waals surface area contributed by atoms with Gasteiger partial charge in [0, 0.05) is 11.6 Å². The van der Waals surface area contributed by atoms with Crippen LogP contribution in [-0.4, -0.2) is 17.9 Å². The minimum atomic E-state index is -0.485. The molecule has 0 bridgehead atoms. The summed E-state index contributed by atoms with van der Waals surface area (Å²) in [6.45, 7) is 3.79. The van der Waals surface area contributed by atoms with Gasteiger partial charge >= 0.3 is 0 Å². The van der Waals surface area contributed by atoms with Gasteiger partial charge in [-0.15, -0.1) is 0 Å². The molecule has 2 amide bonds. The van der Waals surface area contributed by atoms with Gasteiger partial charge in [0.1, 0.15) is 0 Å². The van der Waals surface area contributed by atoms with Gasteiger partial charge in [0.15, 0.2) is 0 Å². The van der Waals surface area contributed by atoms with Gasteiger partial charge in [0.25, 0.3) is 5.91 Å². The van der Waals surface area contributed by atoms with Crippen molar-refractivity contribution in [1.29, 1.82) is 0 Å². The first-order valence-corrected chi connectivity index (χ1v) is 8.77. The molecule has 0 atom stereocenters. The van der Waals surface area contributed by atoms with Gasteiger partial charge in [0.05, 0.1) is 16.1 Å². The Bertz CT molecular complexity index is 799. The summed E-state index contributed by atoms with van der Waals surface area (Å²) in [5.41, 5.74) is 1.46. The number of carbonyl (C=O) groups is 2. The third-order valence-electron chi connectivity index (χ3n) is 4.41. The molecule has 1 aliphatic carbocycles. The second-order valence-corrected chi connectivity index (χ2v) is 7.13. The predicted octanol–water partition coefficient (Wildman–Crippen LogP) is 4.15. The van der Waals surface area contributed by atoms with Crippen LogP contribution in [0, 0.1) is 0 Å². The van der Waals surface area contributed by atoms with Crippen LogP contribution in [0.2, 0.25) is 5.02 Å². The van der Waals surface area contributed by atoms with Gasteiger partial charge in [-0.1, -0.05) is 41.9 Å². The summed E-state index contributed by atoms with van der Waals surface area (Å²) in [6, 6.07) is 14.7. The molecule has 0 aromatic heterocycles. The number of benzene rings is 2. The van der Waals surface area contributed by atoms with Crippen LogP contribution in [0.1, 0.15) is 42.6 Å². The molecule has 2 aromatic rings. The Morgan fingerprint density at radius 3 is 2.36 bits per heavy atom. The van der Waals surface area contributed by atoms with Crippen molar-refractivity contribution in [1.82, 2.24) is 5.32 Å². The average molecular weight is 357 g/mol. The van der Waals surface area contributed by atoms with E-state index in [4.69, 9.17) is 11.6 Å². The number of nitrogens with one attached hydrogen (secondary N) is 2. The lowest BCUT2D eigenvalue weighted by atomic mass is 9.95. The average Bonchev–Trinajstić information content (AvgIpc) is 3.39. The first-order chi connectivity index (χ1) is 11.9. The molecule has 0 unspecified atom stereocenters. The summed E-state index contributed by atoms with van der Waals surface area (Å²) < 4.78 is 0. The maximum Gasteiger partial charge on any atom is 0.251 e. The summed E-state index contributed by atoms with van der Waals surface area (Å²) in [7, 11) is 0. The third kappa shape index (κ3) is 3.69. The molecule has 0 aliphatic heterocycles. The molecule has 1 fully saturated rings. The Morgan fingerprint density at radius 1 is 1.08 bits per heavy atom. The Labute approximate surface area is 152 Å². The molecule has 0 saturated heterocycles. The van der Waals surface area contributed by atoms with E-state index in [0.717, 1.165) is 18.4 Å². The maximum atomic E-state index is 12.8. The SMILES string of the molecule is CC(C)NC(=O)c1ccc(Cl)c(NC(=O)C2(c3ccccc3)CC2)c1. The van der Waals surface area contributed by atoms with Crippen LogP contribution in [0.25, 0.3) is 0 Å². The van der Waals surface area contributed by atoms with Crippen LogP contribution >= 0.6 is 11.6 Å². The molecule has 3 rings (SSSR count). The molecule has 0 spiro atoms. The van der Waals surface area contributed by atoms with E-state index in [1.54, 1.807) is 18.2 Å². The van der Waals surface area contributed by atoms with Gasteiger partial charge in [-0.2, -0.15) is 0 Å². The highest BCUT2D eigenvalue weighted by molar-refractivity contribution is 6.34. The van der Waals surface area contributed by atoms with E-state index in [9.17, 15) is 9.59 Å². The predicted molar refractivity (Wildman–Crippen MR) is 100 cm³/mol. The highest BCUT2D eigenvalue weighted by Gasteiger charge is 2.51. The number of rotatable bonds is 5. The van der Waals surface area contributed by atoms with Crippen LogP contribution in [0.15, 0.2) is 48.5 Å². The third-order valence-corrected chi connectivity index (χ3v) is 4.74. The standard InChI is InChI=1S/C20H21ClN2O2/c1-13(2)22-18(24)14-8-9-16(21)17(12-14)23-19(25)20(10-11-20)15-6-4-3-5-7-15/h3-9,12-13H,10-11H2,1-2H3,(H,22,24)(H,23,25). The van der Waals surface area contributed by atoms with Crippen LogP contribution in [0.3, 0.4) is 0 Å². The molecule has 2 N–H and O–H groups in total. The zero-order chi connectivity index (χ0) is 18.0. The minimum Gasteiger partial charge on any atom is -0.350 e. The normalized spacial score (nSPS) is 14.9. The van der Waals surface area contributed by atoms with E-state index in [-0.39, 0.29) is 17.9 Å². The van der Waals surface area contributed by atoms with Gasteiger partial charge in [-0.25, -0.2) is 0 Å². The molecule has 25 heavy (non-hydrogen) atoms. The van der Waals surface area contributed by atoms with Crippen molar-refractivity contribution in [2.75, 3.05) is 5.32 Å². The van der Waals surface area contributed by atoms with Crippen LogP contribution in [0.4, 0.5) is 5.69 Å². The Hall–Kier alpha value is -2.33. The fourth-order valence-electron chi connectivity index (χ4n) is 2.88. The lowest BCUT2D eigenvalue weighted by molar-refractivity contribution is -0.118. The van der Waals surface area contributed by atoms with Gasteiger partial charge in [0.2, 0.25) is 5.91 Å². The zero-order valence-electron chi connectivity index (χ0n) is 14.3. The second-order valence-electron chi connectivity index (χ2n) is 6.73. The number of hydrogen-bond donors (Lipinski definition) is 2. The van der Waals surface area contributed by atoms with Crippen LogP contribution < -0.4 is 10.6 Å². The fraction of sp³-hybridized carbons (Fsp3) is 0.300. The summed E-state index contributed by atoms with van der Waals surface area (Å²) in [5, 5.41) is 6.16. The Morgan fingerprint density at radius 2 is 1.76 bits per heavy atom. The first-order valence-electron chi connectivity index (χ1n) is 8.40. The quantitative estimate of drug-likeness (QED) is 0.845. The highest BCUT2D eigenvalue weighted by Crippen LogP contribution is 2.49. The first kappa shape index (κ1) is 17.5. The van der Waals surface area contributed by atoms with Crippen molar-refractivity contribution in [3.05, 3.63) is 64.7 Å². The van der Waals surface area contributed by atoms with E-state index in [1.807, 2.05) is 44.2 Å². The second kappa shape index (κ2) is 6.89. The van der Waals surface area contributed by atoms with Crippen molar-refractivity contribution >= 4 is 29.1 Å². The van der Waals surface area contributed by atoms with E-state index >= 15 is 0 Å². The van der Waals surface area contributed by atoms with Crippen LogP contribution in [0.5, 0.6) is 0 Å². The Kier molecular flexibility index (Phi) is 4.82. The molecule has 0 heterocycles. The topological polar surface area (TPSA) is 58.2 Å². The molecule has 130 valence electrons. The summed E-state index contributed by atoms with van der Waals surface area (Å²) in [5.74, 6) is -0.270. The number of hydrogen-bond acceptors (Lipinski definition) is 2. The molecular formula is C20H21ClN2O2. The zero-order valence-corrected chi connectivity index (χ0v) is 15.1. The van der Waals surface area contributed by atoms with E-state index < -0.39 is 5.41 Å². The molecule has 0 radical (unpaired) electrons. The maximum absolute atomic E-state index is 12.8. The van der Waals surface area contributed by atoms with Gasteiger partial charge < -0.3 is 10.6 Å². The molecule has 1 saturated carbocycles. The van der Waals surface area contributed by atoms with E-state index in [2.05, 4.69) is 10.6 Å².